The van der Waals surface area contributed by atoms with Gasteiger partial charge in [-0.15, -0.1) is 0 Å². The molecular formula is C20H21NO2. The van der Waals surface area contributed by atoms with Crippen LogP contribution in [0.3, 0.4) is 0 Å². The third-order valence-corrected chi connectivity index (χ3v) is 4.00. The highest BCUT2D eigenvalue weighted by Crippen LogP contribution is 2.35. The average molecular weight is 307 g/mol. The predicted molar refractivity (Wildman–Crippen MR) is 93.4 cm³/mol. The van der Waals surface area contributed by atoms with E-state index in [0.717, 1.165) is 41.5 Å². The molecule has 0 aliphatic rings. The molecule has 0 unspecified atom stereocenters. The van der Waals surface area contributed by atoms with E-state index in [1.54, 1.807) is 0 Å². The molecule has 0 saturated carbocycles. The third kappa shape index (κ3) is 2.87. The Balaban J connectivity index is 2.23. The maximum absolute atomic E-state index is 11.7. The predicted octanol–water partition coefficient (Wildman–Crippen LogP) is 4.77. The molecule has 0 spiro atoms. The monoisotopic (exact) mass is 307 g/mol. The molecule has 1 aromatic carbocycles. The van der Waals surface area contributed by atoms with Crippen molar-refractivity contribution in [3.05, 3.63) is 59.9 Å². The van der Waals surface area contributed by atoms with Gasteiger partial charge in [0.05, 0.1) is 12.3 Å². The van der Waals surface area contributed by atoms with Gasteiger partial charge in [-0.1, -0.05) is 25.5 Å². The number of ether oxygens (including phenoxy) is 1. The van der Waals surface area contributed by atoms with Gasteiger partial charge in [0, 0.05) is 22.8 Å². The van der Waals surface area contributed by atoms with E-state index in [-0.39, 0.29) is 0 Å². The Morgan fingerprint density at radius 1 is 1.09 bits per heavy atom. The zero-order valence-corrected chi connectivity index (χ0v) is 13.6. The highest BCUT2D eigenvalue weighted by atomic mass is 16.5. The maximum atomic E-state index is 11.7. The number of hydrogen-bond donors (Lipinski definition) is 0. The molecular weight excluding hydrogens is 286 g/mol. The number of fused-ring (bicyclic) bond motifs is 1. The van der Waals surface area contributed by atoms with Crippen molar-refractivity contribution < 1.29 is 9.53 Å². The van der Waals surface area contributed by atoms with Gasteiger partial charge in [-0.3, -0.25) is 4.79 Å². The second-order valence-corrected chi connectivity index (χ2v) is 5.57. The van der Waals surface area contributed by atoms with Crippen LogP contribution in [0, 0.1) is 0 Å². The number of aldehydes is 1. The smallest absolute Gasteiger partial charge is 0.167 e. The van der Waals surface area contributed by atoms with Crippen LogP contribution >= 0.6 is 0 Å². The number of benzene rings is 1. The van der Waals surface area contributed by atoms with Crippen LogP contribution in [0.15, 0.2) is 48.7 Å². The van der Waals surface area contributed by atoms with Gasteiger partial charge in [-0.2, -0.15) is 0 Å². The number of rotatable bonds is 6. The van der Waals surface area contributed by atoms with E-state index < -0.39 is 0 Å². The molecule has 2 heterocycles. The second kappa shape index (κ2) is 6.69. The molecule has 3 nitrogen and oxygen atoms in total. The van der Waals surface area contributed by atoms with E-state index in [4.69, 9.17) is 4.74 Å². The van der Waals surface area contributed by atoms with E-state index in [2.05, 4.69) is 25.1 Å². The zero-order valence-electron chi connectivity index (χ0n) is 13.6. The minimum Gasteiger partial charge on any atom is -0.493 e. The van der Waals surface area contributed by atoms with Crippen LogP contribution in [0.2, 0.25) is 0 Å². The Labute approximate surface area is 136 Å². The molecule has 0 aliphatic carbocycles. The molecule has 3 rings (SSSR count). The molecule has 0 aliphatic heterocycles. The molecule has 0 N–H and O–H groups in total. The number of aromatic nitrogens is 1. The summed E-state index contributed by atoms with van der Waals surface area (Å²) in [6, 6.07) is 14.2. The Hall–Kier alpha value is -2.55. The van der Waals surface area contributed by atoms with Gasteiger partial charge in [0.1, 0.15) is 5.75 Å². The van der Waals surface area contributed by atoms with E-state index in [9.17, 15) is 4.79 Å². The summed E-state index contributed by atoms with van der Waals surface area (Å²) in [5.74, 6) is 0.825. The lowest BCUT2D eigenvalue weighted by Gasteiger charge is -2.12. The van der Waals surface area contributed by atoms with Gasteiger partial charge >= 0.3 is 0 Å². The van der Waals surface area contributed by atoms with Crippen molar-refractivity contribution >= 4 is 11.8 Å². The topological polar surface area (TPSA) is 30.7 Å². The minimum atomic E-state index is 0.601. The fraction of sp³-hybridized carbons (Fsp3) is 0.250. The number of nitrogens with zero attached hydrogens (tertiary/aromatic N) is 1. The normalized spacial score (nSPS) is 10.9. The van der Waals surface area contributed by atoms with Gasteiger partial charge in [0.2, 0.25) is 0 Å². The van der Waals surface area contributed by atoms with Crippen molar-refractivity contribution in [2.45, 2.75) is 26.7 Å². The Kier molecular flexibility index (Phi) is 4.47. The van der Waals surface area contributed by atoms with E-state index in [1.165, 1.54) is 5.56 Å². The maximum Gasteiger partial charge on any atom is 0.167 e. The van der Waals surface area contributed by atoms with Crippen LogP contribution in [0.4, 0.5) is 0 Å². The van der Waals surface area contributed by atoms with Crippen LogP contribution in [0.1, 0.15) is 36.3 Å². The van der Waals surface area contributed by atoms with Crippen molar-refractivity contribution in [1.82, 2.24) is 4.40 Å². The summed E-state index contributed by atoms with van der Waals surface area (Å²) in [5, 5.41) is 0. The molecule has 0 fully saturated rings. The van der Waals surface area contributed by atoms with Crippen LogP contribution in [0.5, 0.6) is 5.75 Å². The first-order valence-electron chi connectivity index (χ1n) is 8.09. The largest absolute Gasteiger partial charge is 0.493 e. The van der Waals surface area contributed by atoms with Crippen molar-refractivity contribution in [2.24, 2.45) is 0 Å². The number of hydrogen-bond acceptors (Lipinski definition) is 2. The molecule has 23 heavy (non-hydrogen) atoms. The van der Waals surface area contributed by atoms with Gasteiger partial charge < -0.3 is 9.14 Å². The summed E-state index contributed by atoms with van der Waals surface area (Å²) >= 11 is 0. The van der Waals surface area contributed by atoms with Crippen LogP contribution in [-0.4, -0.2) is 17.3 Å². The van der Waals surface area contributed by atoms with Crippen molar-refractivity contribution in [3.8, 4) is 16.9 Å². The molecule has 0 atom stereocenters. The quantitative estimate of drug-likeness (QED) is 0.614. The Morgan fingerprint density at radius 2 is 1.96 bits per heavy atom. The van der Waals surface area contributed by atoms with Crippen LogP contribution in [-0.2, 0) is 6.42 Å². The minimum absolute atomic E-state index is 0.601. The number of pyridine rings is 1. The Bertz CT molecular complexity index is 833. The zero-order chi connectivity index (χ0) is 16.2. The number of carbonyl (C=O) groups is 1. The van der Waals surface area contributed by atoms with Gasteiger partial charge in [0.15, 0.2) is 6.29 Å². The van der Waals surface area contributed by atoms with E-state index >= 15 is 0 Å². The number of carbonyl (C=O) groups excluding carboxylic acids is 1. The highest BCUT2D eigenvalue weighted by molar-refractivity contribution is 5.91. The molecule has 0 amide bonds. The number of aryl methyl sites for hydroxylation is 1. The van der Waals surface area contributed by atoms with Crippen LogP contribution in [0.25, 0.3) is 16.6 Å². The van der Waals surface area contributed by atoms with Gasteiger partial charge in [-0.25, -0.2) is 0 Å². The summed E-state index contributed by atoms with van der Waals surface area (Å²) in [4.78, 5) is 11.7. The highest BCUT2D eigenvalue weighted by Gasteiger charge is 2.15. The fourth-order valence-corrected chi connectivity index (χ4v) is 2.99. The molecule has 118 valence electrons. The van der Waals surface area contributed by atoms with Crippen molar-refractivity contribution in [1.29, 1.82) is 0 Å². The molecule has 0 saturated heterocycles. The molecule has 0 bridgehead atoms. The lowest BCUT2D eigenvalue weighted by atomic mass is 10.00. The SMILES string of the molecule is CCCc1ccc(OCC)c(-c2cc3ccccn3c2C=O)c1. The first kappa shape index (κ1) is 15.3. The standard InChI is InChI=1S/C20H21NO2/c1-3-7-15-9-10-20(23-4-2)18(12-15)17-13-16-8-5-6-11-21(16)19(17)14-22/h5-6,8-14H,3-4,7H2,1-2H3. The molecule has 2 aromatic heterocycles. The first-order chi connectivity index (χ1) is 11.3. The summed E-state index contributed by atoms with van der Waals surface area (Å²) in [7, 11) is 0. The average Bonchev–Trinajstić information content (AvgIpc) is 2.95. The van der Waals surface area contributed by atoms with Crippen molar-refractivity contribution in [3.63, 3.8) is 0 Å². The second-order valence-electron chi connectivity index (χ2n) is 5.57. The van der Waals surface area contributed by atoms with Gasteiger partial charge in [-0.05, 0) is 49.2 Å². The summed E-state index contributed by atoms with van der Waals surface area (Å²) in [6.45, 7) is 4.74. The molecule has 3 heteroatoms. The van der Waals surface area contributed by atoms with Gasteiger partial charge in [0.25, 0.3) is 0 Å². The van der Waals surface area contributed by atoms with Crippen molar-refractivity contribution in [2.75, 3.05) is 6.61 Å². The summed E-state index contributed by atoms with van der Waals surface area (Å²) < 4.78 is 7.72. The van der Waals surface area contributed by atoms with Crippen LogP contribution < -0.4 is 4.74 Å². The lowest BCUT2D eigenvalue weighted by molar-refractivity contribution is 0.111. The lowest BCUT2D eigenvalue weighted by Crippen LogP contribution is -1.97. The molecule has 0 radical (unpaired) electrons. The first-order valence-corrected chi connectivity index (χ1v) is 8.09. The van der Waals surface area contributed by atoms with E-state index in [1.807, 2.05) is 41.8 Å². The molecule has 3 aromatic rings. The fourth-order valence-electron chi connectivity index (χ4n) is 2.99. The third-order valence-electron chi connectivity index (χ3n) is 4.00. The Morgan fingerprint density at radius 3 is 2.70 bits per heavy atom. The van der Waals surface area contributed by atoms with E-state index in [0.29, 0.717) is 12.3 Å². The summed E-state index contributed by atoms with van der Waals surface area (Å²) in [6.07, 6.45) is 4.94. The summed E-state index contributed by atoms with van der Waals surface area (Å²) in [5.41, 5.74) is 4.84.